The van der Waals surface area contributed by atoms with Crippen molar-refractivity contribution in [3.8, 4) is 23.7 Å². The molecule has 0 aromatic carbocycles. The third-order valence-corrected chi connectivity index (χ3v) is 1.40. The summed E-state index contributed by atoms with van der Waals surface area (Å²) in [6.45, 7) is 9.50. The van der Waals surface area contributed by atoms with Crippen molar-refractivity contribution >= 4 is 11.9 Å². The topological polar surface area (TPSA) is 115 Å². The number of rotatable bonds is 2. The molecule has 0 aromatic rings. The highest BCUT2D eigenvalue weighted by molar-refractivity contribution is 5.66. The lowest BCUT2D eigenvalue weighted by Crippen LogP contribution is -2.15. The van der Waals surface area contributed by atoms with E-state index in [1.807, 2.05) is 0 Å². The average Bonchev–Trinajstić information content (AvgIpc) is 2.34. The summed E-state index contributed by atoms with van der Waals surface area (Å²) in [7, 11) is 0. The van der Waals surface area contributed by atoms with Crippen molar-refractivity contribution in [1.82, 2.24) is 0 Å². The first-order valence-corrected chi connectivity index (χ1v) is 6.67. The van der Waals surface area contributed by atoms with E-state index in [0.717, 1.165) is 0 Å². The third-order valence-electron chi connectivity index (χ3n) is 1.40. The highest BCUT2D eigenvalue weighted by atomic mass is 16.4. The molecule has 126 valence electrons. The number of carboxylic acid groups (broad SMARTS) is 2. The molecule has 0 saturated heterocycles. The standard InChI is InChI=1S/C10H14O2.2C3H6O2/c1-9(2,11)7-5-6-8-10(3,4)12;2*1-2-3(4)5/h11-12H,1-4H3;2*2H2,1H3,(H,4,5). The van der Waals surface area contributed by atoms with Crippen LogP contribution in [0.25, 0.3) is 0 Å². The van der Waals surface area contributed by atoms with Crippen LogP contribution in [0.1, 0.15) is 54.4 Å². The molecule has 0 bridgehead atoms. The van der Waals surface area contributed by atoms with E-state index in [-0.39, 0.29) is 12.8 Å². The Balaban J connectivity index is -0.000000298. The first-order valence-electron chi connectivity index (χ1n) is 6.67. The Labute approximate surface area is 132 Å². The monoisotopic (exact) mass is 314 g/mol. The second-order valence-corrected chi connectivity index (χ2v) is 5.11. The van der Waals surface area contributed by atoms with Crippen molar-refractivity contribution in [3.05, 3.63) is 0 Å². The molecule has 0 saturated carbocycles. The summed E-state index contributed by atoms with van der Waals surface area (Å²) in [5, 5.41) is 33.7. The molecular formula is C16H26O6. The molecule has 6 heteroatoms. The zero-order valence-corrected chi connectivity index (χ0v) is 14.0. The third kappa shape index (κ3) is 43.0. The molecule has 6 nitrogen and oxygen atoms in total. The molecule has 0 aliphatic carbocycles. The first kappa shape index (κ1) is 25.0. The Bertz CT molecular complexity index is 399. The van der Waals surface area contributed by atoms with E-state index in [4.69, 9.17) is 20.4 Å². The molecule has 0 rings (SSSR count). The van der Waals surface area contributed by atoms with E-state index in [1.165, 1.54) is 0 Å². The van der Waals surface area contributed by atoms with Crippen molar-refractivity contribution < 1.29 is 30.0 Å². The van der Waals surface area contributed by atoms with Gasteiger partial charge in [0.2, 0.25) is 0 Å². The van der Waals surface area contributed by atoms with Gasteiger partial charge in [0.25, 0.3) is 0 Å². The van der Waals surface area contributed by atoms with Gasteiger partial charge in [0.1, 0.15) is 11.2 Å². The quantitative estimate of drug-likeness (QED) is 0.574. The van der Waals surface area contributed by atoms with Crippen LogP contribution in [0.3, 0.4) is 0 Å². The van der Waals surface area contributed by atoms with Gasteiger partial charge in [-0.25, -0.2) is 0 Å². The van der Waals surface area contributed by atoms with E-state index >= 15 is 0 Å². The summed E-state index contributed by atoms with van der Waals surface area (Å²) in [5.74, 6) is 8.46. The molecular weight excluding hydrogens is 288 g/mol. The summed E-state index contributed by atoms with van der Waals surface area (Å²) in [5.41, 5.74) is -2.04. The van der Waals surface area contributed by atoms with Gasteiger partial charge in [0.05, 0.1) is 0 Å². The molecule has 0 fully saturated rings. The molecule has 0 spiro atoms. The summed E-state index contributed by atoms with van der Waals surface area (Å²) >= 11 is 0. The van der Waals surface area contributed by atoms with Gasteiger partial charge < -0.3 is 20.4 Å². The van der Waals surface area contributed by atoms with Crippen molar-refractivity contribution in [3.63, 3.8) is 0 Å². The van der Waals surface area contributed by atoms with Crippen molar-refractivity contribution in [2.24, 2.45) is 0 Å². The normalized spacial score (nSPS) is 9.27. The molecule has 0 radical (unpaired) electrons. The van der Waals surface area contributed by atoms with Crippen LogP contribution >= 0.6 is 0 Å². The molecule has 0 atom stereocenters. The maximum Gasteiger partial charge on any atom is 0.303 e. The number of carboxylic acids is 2. The zero-order chi connectivity index (χ0) is 18.4. The van der Waals surface area contributed by atoms with Crippen LogP contribution in [0, 0.1) is 23.7 Å². The Kier molecular flexibility index (Phi) is 14.4. The number of hydrogen-bond donors (Lipinski definition) is 4. The fourth-order valence-corrected chi connectivity index (χ4v) is 0.368. The Hall–Kier alpha value is -2.02. The summed E-state index contributed by atoms with van der Waals surface area (Å²) < 4.78 is 0. The number of aliphatic hydroxyl groups is 2. The van der Waals surface area contributed by atoms with Crippen molar-refractivity contribution in [2.45, 2.75) is 65.6 Å². The Morgan fingerprint density at radius 1 is 0.773 bits per heavy atom. The van der Waals surface area contributed by atoms with E-state index in [1.54, 1.807) is 41.5 Å². The first-order chi connectivity index (χ1) is 9.75. The van der Waals surface area contributed by atoms with Gasteiger partial charge in [-0.1, -0.05) is 25.7 Å². The van der Waals surface area contributed by atoms with Gasteiger partial charge in [-0.3, -0.25) is 9.59 Å². The maximum absolute atomic E-state index is 9.37. The molecule has 4 N–H and O–H groups in total. The van der Waals surface area contributed by atoms with Crippen LogP contribution in [0.15, 0.2) is 0 Å². The van der Waals surface area contributed by atoms with Gasteiger partial charge in [-0.05, 0) is 39.5 Å². The van der Waals surface area contributed by atoms with Crippen LogP contribution < -0.4 is 0 Å². The molecule has 0 heterocycles. The van der Waals surface area contributed by atoms with Gasteiger partial charge in [-0.2, -0.15) is 0 Å². The Morgan fingerprint density at radius 2 is 0.955 bits per heavy atom. The van der Waals surface area contributed by atoms with E-state index in [9.17, 15) is 9.59 Å². The summed E-state index contributed by atoms with van der Waals surface area (Å²) in [6.07, 6.45) is 0.444. The smallest absolute Gasteiger partial charge is 0.303 e. The molecule has 0 aromatic heterocycles. The predicted octanol–water partition coefficient (Wildman–Crippen LogP) is 1.50. The van der Waals surface area contributed by atoms with Crippen molar-refractivity contribution in [1.29, 1.82) is 0 Å². The second-order valence-electron chi connectivity index (χ2n) is 5.11. The highest BCUT2D eigenvalue weighted by Gasteiger charge is 2.06. The zero-order valence-electron chi connectivity index (χ0n) is 14.0. The minimum Gasteiger partial charge on any atom is -0.481 e. The van der Waals surface area contributed by atoms with Crippen molar-refractivity contribution in [2.75, 3.05) is 0 Å². The maximum atomic E-state index is 9.37. The SMILES string of the molecule is CC(C)(O)C#CC#CC(C)(C)O.CCC(=O)O.CCC(=O)O. The molecule has 0 aliphatic rings. The number of hydrogen-bond acceptors (Lipinski definition) is 4. The van der Waals surface area contributed by atoms with Gasteiger partial charge in [0.15, 0.2) is 0 Å². The molecule has 0 amide bonds. The highest BCUT2D eigenvalue weighted by Crippen LogP contribution is 1.97. The van der Waals surface area contributed by atoms with E-state index in [2.05, 4.69) is 23.7 Å². The molecule has 22 heavy (non-hydrogen) atoms. The minimum atomic E-state index is -1.02. The number of carbonyl (C=O) groups is 2. The lowest BCUT2D eigenvalue weighted by atomic mass is 10.1. The fraction of sp³-hybridized carbons (Fsp3) is 0.625. The number of aliphatic carboxylic acids is 2. The lowest BCUT2D eigenvalue weighted by Gasteiger charge is -2.05. The molecule has 0 unspecified atom stereocenters. The predicted molar refractivity (Wildman–Crippen MR) is 84.0 cm³/mol. The van der Waals surface area contributed by atoms with Gasteiger partial charge >= 0.3 is 11.9 Å². The van der Waals surface area contributed by atoms with E-state index < -0.39 is 23.1 Å². The largest absolute Gasteiger partial charge is 0.481 e. The lowest BCUT2D eigenvalue weighted by molar-refractivity contribution is -0.137. The summed E-state index contributed by atoms with van der Waals surface area (Å²) in [6, 6.07) is 0. The van der Waals surface area contributed by atoms with Crippen LogP contribution in [-0.4, -0.2) is 43.6 Å². The van der Waals surface area contributed by atoms with Crippen LogP contribution in [-0.2, 0) is 9.59 Å². The summed E-state index contributed by atoms with van der Waals surface area (Å²) in [4.78, 5) is 18.7. The van der Waals surface area contributed by atoms with Crippen LogP contribution in [0.2, 0.25) is 0 Å². The second kappa shape index (κ2) is 12.7. The van der Waals surface area contributed by atoms with Gasteiger partial charge in [0, 0.05) is 12.8 Å². The fourth-order valence-electron chi connectivity index (χ4n) is 0.368. The van der Waals surface area contributed by atoms with Crippen LogP contribution in [0.5, 0.6) is 0 Å². The van der Waals surface area contributed by atoms with E-state index in [0.29, 0.717) is 0 Å². The van der Waals surface area contributed by atoms with Gasteiger partial charge in [-0.15, -0.1) is 0 Å². The minimum absolute atomic E-state index is 0.222. The average molecular weight is 314 g/mol. The van der Waals surface area contributed by atoms with Crippen LogP contribution in [0.4, 0.5) is 0 Å². The Morgan fingerprint density at radius 3 is 1.05 bits per heavy atom. The molecule has 0 aliphatic heterocycles.